The minimum absolute atomic E-state index is 0. The Bertz CT molecular complexity index is 535. The van der Waals surface area contributed by atoms with Crippen LogP contribution in [0.4, 0.5) is 0 Å². The van der Waals surface area contributed by atoms with E-state index in [9.17, 15) is 0 Å². The normalized spacial score (nSPS) is 24.0. The van der Waals surface area contributed by atoms with E-state index in [1.165, 1.54) is 24.8 Å². The lowest BCUT2D eigenvalue weighted by Gasteiger charge is -2.20. The number of nitrogens with one attached hydrogen (secondary N) is 2. The minimum Gasteiger partial charge on any atom is -0.375 e. The highest BCUT2D eigenvalue weighted by atomic mass is 127. The summed E-state index contributed by atoms with van der Waals surface area (Å²) in [5, 5.41) is 6.91. The van der Waals surface area contributed by atoms with E-state index in [-0.39, 0.29) is 24.0 Å². The Morgan fingerprint density at radius 3 is 2.72 bits per heavy atom. The second kappa shape index (κ2) is 10.3. The van der Waals surface area contributed by atoms with Gasteiger partial charge in [-0.2, -0.15) is 0 Å². The van der Waals surface area contributed by atoms with Crippen LogP contribution in [0.5, 0.6) is 0 Å². The van der Waals surface area contributed by atoms with Crippen molar-refractivity contribution in [2.24, 2.45) is 4.99 Å². The molecule has 2 N–H and O–H groups in total. The van der Waals surface area contributed by atoms with Crippen LogP contribution in [0.15, 0.2) is 35.3 Å². The Hall–Kier alpha value is -0.860. The molecule has 1 aliphatic carbocycles. The largest absolute Gasteiger partial charge is 0.375 e. The molecule has 140 valence electrons. The van der Waals surface area contributed by atoms with Gasteiger partial charge < -0.3 is 15.4 Å². The zero-order valence-corrected chi connectivity index (χ0v) is 17.6. The highest BCUT2D eigenvalue weighted by molar-refractivity contribution is 14.0. The highest BCUT2D eigenvalue weighted by Crippen LogP contribution is 2.33. The third-order valence-corrected chi connectivity index (χ3v) is 4.85. The number of ether oxygens (including phenoxy) is 1. The molecule has 1 heterocycles. The molecule has 1 aromatic carbocycles. The van der Waals surface area contributed by atoms with Crippen molar-refractivity contribution in [2.75, 3.05) is 26.7 Å². The number of rotatable bonds is 7. The Morgan fingerprint density at radius 1 is 1.28 bits per heavy atom. The van der Waals surface area contributed by atoms with E-state index in [0.717, 1.165) is 25.1 Å². The monoisotopic (exact) mass is 458 g/mol. The van der Waals surface area contributed by atoms with Crippen molar-refractivity contribution in [3.63, 3.8) is 0 Å². The van der Waals surface area contributed by atoms with E-state index in [1.54, 1.807) is 0 Å². The fraction of sp³-hybridized carbons (Fsp3) is 0.632. The van der Waals surface area contributed by atoms with Crippen LogP contribution in [0.25, 0.3) is 0 Å². The molecule has 0 bridgehead atoms. The summed E-state index contributed by atoms with van der Waals surface area (Å²) in [6, 6.07) is 12.3. The molecule has 0 amide bonds. The molecule has 2 unspecified atom stereocenters. The quantitative estimate of drug-likeness (QED) is 0.286. The summed E-state index contributed by atoms with van der Waals surface area (Å²) in [6.45, 7) is 5.57. The van der Waals surface area contributed by atoms with Gasteiger partial charge in [-0.15, -0.1) is 24.0 Å². The third kappa shape index (κ3) is 6.42. The molecule has 0 radical (unpaired) electrons. The Morgan fingerprint density at radius 2 is 2.04 bits per heavy atom. The van der Waals surface area contributed by atoms with Crippen LogP contribution < -0.4 is 10.6 Å². The number of nitrogens with zero attached hydrogens (tertiary/aromatic N) is 2. The third-order valence-electron chi connectivity index (χ3n) is 4.85. The fourth-order valence-corrected chi connectivity index (χ4v) is 3.47. The second-order valence-corrected chi connectivity index (χ2v) is 6.89. The predicted octanol–water partition coefficient (Wildman–Crippen LogP) is 2.61. The molecule has 3 rings (SSSR count). The fourth-order valence-electron chi connectivity index (χ4n) is 3.47. The van der Waals surface area contributed by atoms with Gasteiger partial charge in [0, 0.05) is 38.3 Å². The summed E-state index contributed by atoms with van der Waals surface area (Å²) in [5.74, 6) is 0.883. The van der Waals surface area contributed by atoms with Crippen LogP contribution in [0.2, 0.25) is 0 Å². The lowest BCUT2D eigenvalue weighted by molar-refractivity contribution is 0.125. The lowest BCUT2D eigenvalue weighted by atomic mass is 10.2. The zero-order valence-electron chi connectivity index (χ0n) is 15.3. The standard InChI is InChI=1S/C19H30N4O.HI/c1-15-12-17(13-23(15)18-8-9-18)22-19(20-2)21-10-11-24-14-16-6-4-3-5-7-16;/h3-7,15,17-18H,8-14H2,1-2H3,(H2,20,21,22);1H. The van der Waals surface area contributed by atoms with Crippen LogP contribution in [-0.4, -0.2) is 55.7 Å². The van der Waals surface area contributed by atoms with Crippen molar-refractivity contribution in [1.29, 1.82) is 0 Å². The van der Waals surface area contributed by atoms with Crippen LogP contribution in [0, 0.1) is 0 Å². The van der Waals surface area contributed by atoms with E-state index in [4.69, 9.17) is 4.74 Å². The number of hydrogen-bond donors (Lipinski definition) is 2. The van der Waals surface area contributed by atoms with Gasteiger partial charge in [0.25, 0.3) is 0 Å². The zero-order chi connectivity index (χ0) is 16.8. The van der Waals surface area contributed by atoms with Gasteiger partial charge in [0.1, 0.15) is 0 Å². The lowest BCUT2D eigenvalue weighted by Crippen LogP contribution is -2.45. The van der Waals surface area contributed by atoms with Crippen LogP contribution in [0.3, 0.4) is 0 Å². The number of hydrogen-bond acceptors (Lipinski definition) is 3. The molecule has 25 heavy (non-hydrogen) atoms. The van der Waals surface area contributed by atoms with Gasteiger partial charge in [-0.1, -0.05) is 30.3 Å². The second-order valence-electron chi connectivity index (χ2n) is 6.89. The Kier molecular flexibility index (Phi) is 8.45. The molecule has 1 saturated carbocycles. The van der Waals surface area contributed by atoms with Crippen LogP contribution in [-0.2, 0) is 11.3 Å². The number of aliphatic imine (C=N–C) groups is 1. The summed E-state index contributed by atoms with van der Waals surface area (Å²) in [4.78, 5) is 6.98. The number of halogens is 1. The molecule has 0 spiro atoms. The van der Waals surface area contributed by atoms with Gasteiger partial charge in [0.05, 0.1) is 13.2 Å². The van der Waals surface area contributed by atoms with E-state index in [0.29, 0.717) is 25.3 Å². The molecule has 1 aromatic rings. The maximum atomic E-state index is 5.70. The van der Waals surface area contributed by atoms with E-state index >= 15 is 0 Å². The van der Waals surface area contributed by atoms with E-state index < -0.39 is 0 Å². The summed E-state index contributed by atoms with van der Waals surface area (Å²) in [7, 11) is 1.83. The highest BCUT2D eigenvalue weighted by Gasteiger charge is 2.38. The van der Waals surface area contributed by atoms with Crippen molar-refractivity contribution in [1.82, 2.24) is 15.5 Å². The summed E-state index contributed by atoms with van der Waals surface area (Å²) >= 11 is 0. The molecule has 0 aromatic heterocycles. The van der Waals surface area contributed by atoms with E-state index in [1.807, 2.05) is 25.2 Å². The first-order valence-corrected chi connectivity index (χ1v) is 9.11. The first kappa shape index (κ1) is 20.5. The number of guanidine groups is 1. The molecular formula is C19H31IN4O. The first-order chi connectivity index (χ1) is 11.8. The van der Waals surface area contributed by atoms with Gasteiger partial charge in [0.15, 0.2) is 5.96 Å². The Labute approximate surface area is 168 Å². The summed E-state index contributed by atoms with van der Waals surface area (Å²) < 4.78 is 5.70. The molecular weight excluding hydrogens is 427 g/mol. The molecule has 5 nitrogen and oxygen atoms in total. The average Bonchev–Trinajstić information content (AvgIpc) is 3.38. The van der Waals surface area contributed by atoms with E-state index in [2.05, 4.69) is 39.6 Å². The molecule has 2 atom stereocenters. The predicted molar refractivity (Wildman–Crippen MR) is 114 cm³/mol. The number of benzene rings is 1. The average molecular weight is 458 g/mol. The minimum atomic E-state index is 0. The molecule has 2 fully saturated rings. The summed E-state index contributed by atoms with van der Waals surface area (Å²) in [5.41, 5.74) is 1.21. The molecule has 2 aliphatic rings. The van der Waals surface area contributed by atoms with Gasteiger partial charge in [-0.05, 0) is 31.7 Å². The van der Waals surface area contributed by atoms with Crippen molar-refractivity contribution in [2.45, 2.75) is 50.9 Å². The van der Waals surface area contributed by atoms with Gasteiger partial charge >= 0.3 is 0 Å². The van der Waals surface area contributed by atoms with Crippen LogP contribution in [0.1, 0.15) is 31.7 Å². The van der Waals surface area contributed by atoms with Gasteiger partial charge in [0.2, 0.25) is 0 Å². The molecule has 1 saturated heterocycles. The van der Waals surface area contributed by atoms with Gasteiger partial charge in [-0.3, -0.25) is 9.89 Å². The van der Waals surface area contributed by atoms with Crippen LogP contribution >= 0.6 is 24.0 Å². The maximum absolute atomic E-state index is 5.70. The van der Waals surface area contributed by atoms with Gasteiger partial charge in [-0.25, -0.2) is 0 Å². The number of likely N-dealkylation sites (tertiary alicyclic amines) is 1. The molecule has 6 heteroatoms. The SMILES string of the molecule is CN=C(NCCOCc1ccccc1)NC1CC(C)N(C2CC2)C1.I. The van der Waals surface area contributed by atoms with Crippen molar-refractivity contribution < 1.29 is 4.74 Å². The topological polar surface area (TPSA) is 48.9 Å². The molecule has 1 aliphatic heterocycles. The van der Waals surface area contributed by atoms with Crippen molar-refractivity contribution in [3.8, 4) is 0 Å². The van der Waals surface area contributed by atoms with Crippen molar-refractivity contribution >= 4 is 29.9 Å². The van der Waals surface area contributed by atoms with Crippen molar-refractivity contribution in [3.05, 3.63) is 35.9 Å². The summed E-state index contributed by atoms with van der Waals surface area (Å²) in [6.07, 6.45) is 3.95. The smallest absolute Gasteiger partial charge is 0.191 e. The Balaban J connectivity index is 0.00000225. The maximum Gasteiger partial charge on any atom is 0.191 e. The first-order valence-electron chi connectivity index (χ1n) is 9.11.